The first-order valence-electron chi connectivity index (χ1n) is 8.07. The van der Waals surface area contributed by atoms with Crippen molar-refractivity contribution in [2.24, 2.45) is 0 Å². The number of carbonyl (C=O) groups is 2. The van der Waals surface area contributed by atoms with Gasteiger partial charge in [0.05, 0.1) is 31.8 Å². The summed E-state index contributed by atoms with van der Waals surface area (Å²) >= 11 is 1.44. The molecule has 2 aromatic rings. The molecule has 25 heavy (non-hydrogen) atoms. The average Bonchev–Trinajstić information content (AvgIpc) is 3.16. The zero-order valence-corrected chi connectivity index (χ0v) is 14.9. The Morgan fingerprint density at radius 3 is 2.92 bits per heavy atom. The van der Waals surface area contributed by atoms with Crippen LogP contribution in [0.2, 0.25) is 0 Å². The van der Waals surface area contributed by atoms with E-state index in [9.17, 15) is 9.59 Å². The Kier molecular flexibility index (Phi) is 5.44. The SMILES string of the molecule is CCOC(=O)CCC(=O)Nc1sc2c(c1-c1nc(C)no1)CCOC2. The van der Waals surface area contributed by atoms with Crippen LogP contribution in [0, 0.1) is 6.92 Å². The Morgan fingerprint density at radius 1 is 1.36 bits per heavy atom. The van der Waals surface area contributed by atoms with Crippen LogP contribution in [0.3, 0.4) is 0 Å². The van der Waals surface area contributed by atoms with Crippen LogP contribution in [0.15, 0.2) is 4.52 Å². The molecule has 0 aromatic carbocycles. The lowest BCUT2D eigenvalue weighted by Gasteiger charge is -2.12. The van der Waals surface area contributed by atoms with Gasteiger partial charge in [-0.15, -0.1) is 11.3 Å². The molecule has 0 saturated heterocycles. The van der Waals surface area contributed by atoms with E-state index in [1.165, 1.54) is 11.3 Å². The molecule has 3 heterocycles. The fourth-order valence-corrected chi connectivity index (χ4v) is 3.78. The molecule has 3 rings (SSSR count). The van der Waals surface area contributed by atoms with Crippen molar-refractivity contribution in [1.29, 1.82) is 0 Å². The van der Waals surface area contributed by atoms with Gasteiger partial charge in [-0.1, -0.05) is 5.16 Å². The van der Waals surface area contributed by atoms with E-state index >= 15 is 0 Å². The Bertz CT molecular complexity index is 783. The van der Waals surface area contributed by atoms with Crippen LogP contribution in [0.1, 0.15) is 36.0 Å². The zero-order chi connectivity index (χ0) is 17.8. The summed E-state index contributed by atoms with van der Waals surface area (Å²) in [6, 6.07) is 0. The minimum atomic E-state index is -0.385. The molecule has 0 saturated carbocycles. The van der Waals surface area contributed by atoms with Crippen LogP contribution in [0.25, 0.3) is 11.5 Å². The Labute approximate surface area is 148 Å². The molecule has 0 unspecified atom stereocenters. The van der Waals surface area contributed by atoms with Crippen molar-refractivity contribution in [2.45, 2.75) is 39.7 Å². The molecule has 134 valence electrons. The number of ether oxygens (including phenoxy) is 2. The molecule has 0 bridgehead atoms. The number of nitrogens with one attached hydrogen (secondary N) is 1. The highest BCUT2D eigenvalue weighted by Gasteiger charge is 2.26. The van der Waals surface area contributed by atoms with Gasteiger partial charge in [-0.05, 0) is 25.8 Å². The summed E-state index contributed by atoms with van der Waals surface area (Å²) in [5.41, 5.74) is 1.83. The summed E-state index contributed by atoms with van der Waals surface area (Å²) in [4.78, 5) is 28.9. The van der Waals surface area contributed by atoms with Gasteiger partial charge in [-0.2, -0.15) is 4.98 Å². The molecular formula is C16H19N3O5S. The highest BCUT2D eigenvalue weighted by atomic mass is 32.1. The molecule has 9 heteroatoms. The maximum absolute atomic E-state index is 12.2. The fourth-order valence-electron chi connectivity index (χ4n) is 2.58. The number of fused-ring (bicyclic) bond motifs is 1. The number of amides is 1. The third-order valence-corrected chi connectivity index (χ3v) is 4.80. The van der Waals surface area contributed by atoms with Gasteiger partial charge in [0.1, 0.15) is 5.00 Å². The van der Waals surface area contributed by atoms with Gasteiger partial charge >= 0.3 is 5.97 Å². The lowest BCUT2D eigenvalue weighted by atomic mass is 10.1. The molecule has 2 aromatic heterocycles. The van der Waals surface area contributed by atoms with Crippen molar-refractivity contribution in [2.75, 3.05) is 18.5 Å². The van der Waals surface area contributed by atoms with E-state index in [4.69, 9.17) is 14.0 Å². The zero-order valence-electron chi connectivity index (χ0n) is 14.1. The van der Waals surface area contributed by atoms with Crippen LogP contribution in [0.5, 0.6) is 0 Å². The van der Waals surface area contributed by atoms with Crippen LogP contribution in [-0.4, -0.2) is 35.2 Å². The minimum Gasteiger partial charge on any atom is -0.466 e. The number of hydrogen-bond acceptors (Lipinski definition) is 8. The number of anilines is 1. The number of nitrogens with zero attached hydrogens (tertiary/aromatic N) is 2. The monoisotopic (exact) mass is 365 g/mol. The standard InChI is InChI=1S/C16H19N3O5S/c1-3-23-13(21)5-4-12(20)18-16-14(15-17-9(2)19-24-15)10-6-7-22-8-11(10)25-16/h3-8H2,1-2H3,(H,18,20). The molecular weight excluding hydrogens is 346 g/mol. The predicted octanol–water partition coefficient (Wildman–Crippen LogP) is 2.46. The molecule has 1 aliphatic rings. The van der Waals surface area contributed by atoms with Crippen molar-refractivity contribution in [3.8, 4) is 11.5 Å². The van der Waals surface area contributed by atoms with Gasteiger partial charge in [0.25, 0.3) is 5.89 Å². The van der Waals surface area contributed by atoms with E-state index in [0.29, 0.717) is 36.5 Å². The molecule has 1 amide bonds. The van der Waals surface area contributed by atoms with Gasteiger partial charge in [-0.25, -0.2) is 0 Å². The van der Waals surface area contributed by atoms with Crippen LogP contribution < -0.4 is 5.32 Å². The van der Waals surface area contributed by atoms with Crippen LogP contribution in [-0.2, 0) is 32.1 Å². The minimum absolute atomic E-state index is 0.0445. The van der Waals surface area contributed by atoms with E-state index in [1.54, 1.807) is 13.8 Å². The number of hydrogen-bond donors (Lipinski definition) is 1. The number of thiophene rings is 1. The van der Waals surface area contributed by atoms with E-state index < -0.39 is 0 Å². The quantitative estimate of drug-likeness (QED) is 0.784. The lowest BCUT2D eigenvalue weighted by molar-refractivity contribution is -0.144. The second-order valence-corrected chi connectivity index (χ2v) is 6.62. The number of rotatable bonds is 6. The smallest absolute Gasteiger partial charge is 0.306 e. The molecule has 0 fully saturated rings. The number of aromatic nitrogens is 2. The molecule has 0 spiro atoms. The second-order valence-electron chi connectivity index (χ2n) is 5.51. The molecule has 0 radical (unpaired) electrons. The van der Waals surface area contributed by atoms with E-state index in [1.807, 2.05) is 0 Å². The molecule has 0 aliphatic carbocycles. The summed E-state index contributed by atoms with van der Waals surface area (Å²) in [6.07, 6.45) is 0.824. The predicted molar refractivity (Wildman–Crippen MR) is 90.2 cm³/mol. The van der Waals surface area contributed by atoms with Gasteiger partial charge < -0.3 is 19.3 Å². The molecule has 1 N–H and O–H groups in total. The maximum atomic E-state index is 12.2. The van der Waals surface area contributed by atoms with E-state index in [0.717, 1.165) is 22.4 Å². The number of carbonyl (C=O) groups excluding carboxylic acids is 2. The second kappa shape index (κ2) is 7.75. The summed E-state index contributed by atoms with van der Waals surface area (Å²) in [6.45, 7) is 4.89. The first-order chi connectivity index (χ1) is 12.1. The lowest BCUT2D eigenvalue weighted by Crippen LogP contribution is -2.14. The third kappa shape index (κ3) is 4.05. The first-order valence-corrected chi connectivity index (χ1v) is 8.88. The number of aryl methyl sites for hydroxylation is 1. The van der Waals surface area contributed by atoms with E-state index in [-0.39, 0.29) is 24.7 Å². The highest BCUT2D eigenvalue weighted by molar-refractivity contribution is 7.17. The van der Waals surface area contributed by atoms with Crippen LogP contribution >= 0.6 is 11.3 Å². The summed E-state index contributed by atoms with van der Waals surface area (Å²) in [5.74, 6) is 0.272. The average molecular weight is 365 g/mol. The van der Waals surface area contributed by atoms with Gasteiger partial charge in [-0.3, -0.25) is 9.59 Å². The van der Waals surface area contributed by atoms with E-state index in [2.05, 4.69) is 15.5 Å². The summed E-state index contributed by atoms with van der Waals surface area (Å²) in [5, 5.41) is 7.34. The molecule has 8 nitrogen and oxygen atoms in total. The Morgan fingerprint density at radius 2 is 2.20 bits per heavy atom. The highest BCUT2D eigenvalue weighted by Crippen LogP contribution is 2.42. The van der Waals surface area contributed by atoms with Crippen molar-refractivity contribution in [3.05, 3.63) is 16.3 Å². The molecule has 0 atom stereocenters. The third-order valence-electron chi connectivity index (χ3n) is 3.68. The van der Waals surface area contributed by atoms with Gasteiger partial charge in [0, 0.05) is 11.3 Å². The van der Waals surface area contributed by atoms with Crippen LogP contribution in [0.4, 0.5) is 5.00 Å². The van der Waals surface area contributed by atoms with Crippen molar-refractivity contribution in [3.63, 3.8) is 0 Å². The fraction of sp³-hybridized carbons (Fsp3) is 0.500. The first kappa shape index (κ1) is 17.6. The maximum Gasteiger partial charge on any atom is 0.306 e. The Balaban J connectivity index is 1.80. The van der Waals surface area contributed by atoms with Gasteiger partial charge in [0.15, 0.2) is 5.82 Å². The number of esters is 1. The Hall–Kier alpha value is -2.26. The largest absolute Gasteiger partial charge is 0.466 e. The van der Waals surface area contributed by atoms with Crippen molar-refractivity contribution >= 4 is 28.2 Å². The molecule has 1 aliphatic heterocycles. The van der Waals surface area contributed by atoms with Crippen molar-refractivity contribution in [1.82, 2.24) is 10.1 Å². The van der Waals surface area contributed by atoms with Crippen molar-refractivity contribution < 1.29 is 23.6 Å². The van der Waals surface area contributed by atoms with Gasteiger partial charge in [0.2, 0.25) is 5.91 Å². The summed E-state index contributed by atoms with van der Waals surface area (Å²) in [7, 11) is 0. The normalized spacial score (nSPS) is 13.4. The summed E-state index contributed by atoms with van der Waals surface area (Å²) < 4.78 is 15.6. The topological polar surface area (TPSA) is 104 Å².